The number of methoxy groups -OCH3 is 2. The Balaban J connectivity index is 1.71. The minimum Gasteiger partial charge on any atom is -0.493 e. The Bertz CT molecular complexity index is 1130. The van der Waals surface area contributed by atoms with Crippen LogP contribution >= 0.6 is 0 Å². The van der Waals surface area contributed by atoms with Crippen LogP contribution in [0.5, 0.6) is 11.5 Å². The van der Waals surface area contributed by atoms with Crippen molar-refractivity contribution in [3.8, 4) is 17.6 Å². The first-order valence-corrected chi connectivity index (χ1v) is 17.7. The molecule has 0 spiro atoms. The number of unbranched alkanes of at least 4 members (excludes halogenated alkanes) is 6. The fraction of sp³-hybridized carbons (Fsp3) is 0.667. The first kappa shape index (κ1) is 36.8. The molecule has 1 fully saturated rings. The number of likely N-dealkylation sites (tertiary alicyclic amines) is 1. The smallest absolute Gasteiger partial charge is 0.160 e. The van der Waals surface area contributed by atoms with Crippen molar-refractivity contribution in [1.29, 1.82) is 5.26 Å². The topological polar surface area (TPSA) is 65.7 Å². The molecule has 1 heterocycles. The van der Waals surface area contributed by atoms with Crippen molar-refractivity contribution >= 4 is 0 Å². The van der Waals surface area contributed by atoms with Gasteiger partial charge in [-0.2, -0.15) is 5.26 Å². The van der Waals surface area contributed by atoms with Gasteiger partial charge < -0.3 is 19.5 Å². The molecule has 45 heavy (non-hydrogen) atoms. The van der Waals surface area contributed by atoms with E-state index >= 15 is 0 Å². The third kappa shape index (κ3) is 11.9. The van der Waals surface area contributed by atoms with E-state index in [1.165, 1.54) is 69.1 Å². The van der Waals surface area contributed by atoms with E-state index in [-0.39, 0.29) is 23.6 Å². The molecule has 1 N–H and O–H groups in total. The van der Waals surface area contributed by atoms with E-state index in [2.05, 4.69) is 36.9 Å². The lowest BCUT2D eigenvalue weighted by Crippen LogP contribution is -2.42. The predicted molar refractivity (Wildman–Crippen MR) is 182 cm³/mol. The number of benzene rings is 2. The number of hydrogen-bond acceptors (Lipinski definition) is 5. The largest absolute Gasteiger partial charge is 0.493 e. The summed E-state index contributed by atoms with van der Waals surface area (Å²) >= 11 is 0. The molecule has 5 nitrogen and oxygen atoms in total. The van der Waals surface area contributed by atoms with Gasteiger partial charge in [0.15, 0.2) is 11.5 Å². The van der Waals surface area contributed by atoms with Gasteiger partial charge in [-0.1, -0.05) is 83.4 Å². The summed E-state index contributed by atoms with van der Waals surface area (Å²) in [7, 11) is 3.35. The average Bonchev–Trinajstić information content (AvgIpc) is 3.07. The van der Waals surface area contributed by atoms with Crippen molar-refractivity contribution in [2.24, 2.45) is 11.8 Å². The minimum atomic E-state index is -0.551. The van der Waals surface area contributed by atoms with Crippen LogP contribution in [-0.4, -0.2) is 43.4 Å². The highest BCUT2D eigenvalue weighted by molar-refractivity contribution is 5.44. The zero-order chi connectivity index (χ0) is 32.4. The van der Waals surface area contributed by atoms with Gasteiger partial charge in [-0.3, -0.25) is 0 Å². The number of nitriles is 1. The maximum absolute atomic E-state index is 13.5. The summed E-state index contributed by atoms with van der Waals surface area (Å²) in [5.74, 6) is 1.71. The molecular weight excluding hydrogens is 563 g/mol. The van der Waals surface area contributed by atoms with Gasteiger partial charge in [0.05, 0.1) is 26.4 Å². The molecule has 0 radical (unpaired) electrons. The predicted octanol–water partition coefficient (Wildman–Crippen LogP) is 9.99. The summed E-state index contributed by atoms with van der Waals surface area (Å²) in [6.07, 6.45) is 16.6. The van der Waals surface area contributed by atoms with Gasteiger partial charge in [-0.15, -0.1) is 0 Å². The molecule has 1 aliphatic heterocycles. The van der Waals surface area contributed by atoms with Crippen LogP contribution in [0.1, 0.15) is 133 Å². The van der Waals surface area contributed by atoms with E-state index < -0.39 is 6.10 Å². The fourth-order valence-electron chi connectivity index (χ4n) is 7.23. The Labute approximate surface area is 273 Å². The zero-order valence-electron chi connectivity index (χ0n) is 28.5. The Morgan fingerprint density at radius 3 is 2.09 bits per heavy atom. The molecule has 250 valence electrons. The van der Waals surface area contributed by atoms with Crippen LogP contribution in [-0.2, 0) is 0 Å². The Hall–Kier alpha value is -2.62. The van der Waals surface area contributed by atoms with Crippen LogP contribution in [0, 0.1) is 29.0 Å². The van der Waals surface area contributed by atoms with Crippen molar-refractivity contribution in [2.45, 2.75) is 128 Å². The van der Waals surface area contributed by atoms with Crippen molar-refractivity contribution in [3.05, 3.63) is 59.4 Å². The monoisotopic (exact) mass is 622 g/mol. The van der Waals surface area contributed by atoms with Crippen molar-refractivity contribution in [1.82, 2.24) is 4.90 Å². The van der Waals surface area contributed by atoms with Crippen molar-refractivity contribution < 1.29 is 19.0 Å². The number of rotatable bonds is 21. The van der Waals surface area contributed by atoms with Gasteiger partial charge >= 0.3 is 0 Å². The second-order valence-corrected chi connectivity index (χ2v) is 13.2. The average molecular weight is 623 g/mol. The lowest BCUT2D eigenvalue weighted by Gasteiger charge is -2.40. The van der Waals surface area contributed by atoms with Gasteiger partial charge in [-0.25, -0.2) is 4.39 Å². The first-order valence-electron chi connectivity index (χ1n) is 17.7. The Morgan fingerprint density at radius 1 is 0.822 bits per heavy atom. The van der Waals surface area contributed by atoms with Gasteiger partial charge in [0, 0.05) is 12.0 Å². The Kier molecular flexibility index (Phi) is 16.8. The molecule has 6 heteroatoms. The molecule has 0 amide bonds. The number of aliphatic hydroxyl groups is 1. The summed E-state index contributed by atoms with van der Waals surface area (Å²) in [5.41, 5.74) is 2.03. The SMILES string of the molecule is CCCCCCCCCC(CCC(CC(C#N)CCC)c1ccc(OC)c(OC)c1)N1CCC(C(O)c2ccc(F)cc2)CC1. The molecule has 0 bridgehead atoms. The lowest BCUT2D eigenvalue weighted by atomic mass is 9.82. The van der Waals surface area contributed by atoms with Crippen LogP contribution in [0.3, 0.4) is 0 Å². The fourth-order valence-corrected chi connectivity index (χ4v) is 7.23. The molecule has 2 aromatic carbocycles. The van der Waals surface area contributed by atoms with Gasteiger partial charge in [0.2, 0.25) is 0 Å². The molecule has 0 aliphatic carbocycles. The zero-order valence-corrected chi connectivity index (χ0v) is 28.5. The van der Waals surface area contributed by atoms with Crippen LogP contribution in [0.2, 0.25) is 0 Å². The summed E-state index contributed by atoms with van der Waals surface area (Å²) in [6, 6.07) is 15.7. The standard InChI is InChI=1S/C39H59FN2O3/c1-5-7-8-9-10-11-12-14-36(42-25-23-32(24-26-42)39(43)31-15-19-35(40)20-16-31)21-17-33(27-30(29-41)13-6-2)34-18-22-37(44-3)38(28-34)45-4/h15-16,18-20,22,28,30,32-33,36,39,43H,5-14,17,21,23-27H2,1-4H3. The van der Waals surface area contributed by atoms with Gasteiger partial charge in [-0.05, 0) is 105 Å². The van der Waals surface area contributed by atoms with E-state index in [9.17, 15) is 14.8 Å². The molecule has 4 atom stereocenters. The highest BCUT2D eigenvalue weighted by Gasteiger charge is 2.30. The number of hydrogen-bond donors (Lipinski definition) is 1. The maximum atomic E-state index is 13.5. The second kappa shape index (κ2) is 20.5. The molecule has 3 rings (SSSR count). The van der Waals surface area contributed by atoms with Gasteiger partial charge in [0.25, 0.3) is 0 Å². The molecular formula is C39H59FN2O3. The van der Waals surface area contributed by atoms with Crippen LogP contribution in [0.4, 0.5) is 4.39 Å². The van der Waals surface area contributed by atoms with Crippen molar-refractivity contribution in [2.75, 3.05) is 27.3 Å². The van der Waals surface area contributed by atoms with E-state index in [0.29, 0.717) is 6.04 Å². The highest BCUT2D eigenvalue weighted by atomic mass is 19.1. The molecule has 0 aromatic heterocycles. The van der Waals surface area contributed by atoms with E-state index in [0.717, 1.165) is 75.1 Å². The number of ether oxygens (including phenoxy) is 2. The first-order chi connectivity index (χ1) is 21.9. The van der Waals surface area contributed by atoms with Crippen LogP contribution in [0.25, 0.3) is 0 Å². The summed E-state index contributed by atoms with van der Waals surface area (Å²) in [5, 5.41) is 21.0. The summed E-state index contributed by atoms with van der Waals surface area (Å²) in [4.78, 5) is 2.67. The summed E-state index contributed by atoms with van der Waals surface area (Å²) < 4.78 is 24.6. The quantitative estimate of drug-likeness (QED) is 0.140. The minimum absolute atomic E-state index is 0.0401. The van der Waals surface area contributed by atoms with Crippen LogP contribution < -0.4 is 9.47 Å². The molecule has 0 saturated carbocycles. The third-order valence-electron chi connectivity index (χ3n) is 10.0. The third-order valence-corrected chi connectivity index (χ3v) is 10.0. The van der Waals surface area contributed by atoms with Crippen molar-refractivity contribution in [3.63, 3.8) is 0 Å². The number of nitrogens with zero attached hydrogens (tertiary/aromatic N) is 2. The van der Waals surface area contributed by atoms with Gasteiger partial charge in [0.1, 0.15) is 5.82 Å². The highest BCUT2D eigenvalue weighted by Crippen LogP contribution is 2.38. The summed E-state index contributed by atoms with van der Waals surface area (Å²) in [6.45, 7) is 6.37. The maximum Gasteiger partial charge on any atom is 0.160 e. The van der Waals surface area contributed by atoms with E-state index in [1.807, 2.05) is 6.07 Å². The second-order valence-electron chi connectivity index (χ2n) is 13.2. The Morgan fingerprint density at radius 2 is 1.47 bits per heavy atom. The lowest BCUT2D eigenvalue weighted by molar-refractivity contribution is 0.0403. The van der Waals surface area contributed by atoms with Crippen LogP contribution in [0.15, 0.2) is 42.5 Å². The molecule has 2 aromatic rings. The molecule has 1 aliphatic rings. The molecule has 4 unspecified atom stereocenters. The normalized spacial score (nSPS) is 16.9. The van der Waals surface area contributed by atoms with E-state index in [4.69, 9.17) is 9.47 Å². The number of aliphatic hydroxyl groups excluding tert-OH is 1. The van der Waals surface area contributed by atoms with E-state index in [1.54, 1.807) is 26.4 Å². The number of piperidine rings is 1. The molecule has 1 saturated heterocycles. The number of halogens is 1.